The van der Waals surface area contributed by atoms with Crippen LogP contribution in [-0.2, 0) is 11.3 Å². The molecule has 6 heteroatoms. The van der Waals surface area contributed by atoms with Crippen molar-refractivity contribution in [1.82, 2.24) is 9.80 Å². The van der Waals surface area contributed by atoms with Crippen molar-refractivity contribution in [2.24, 2.45) is 0 Å². The Morgan fingerprint density at radius 1 is 1.13 bits per heavy atom. The molecule has 164 valence electrons. The molecule has 1 atom stereocenters. The van der Waals surface area contributed by atoms with Gasteiger partial charge in [-0.3, -0.25) is 14.5 Å². The number of halogens is 1. The molecule has 2 heterocycles. The number of likely N-dealkylation sites (tertiary alicyclic amines) is 1. The Kier molecular flexibility index (Phi) is 6.10. The summed E-state index contributed by atoms with van der Waals surface area (Å²) >= 11 is 0. The zero-order valence-corrected chi connectivity index (χ0v) is 18.2. The third kappa shape index (κ3) is 4.96. The number of ketones is 1. The molecule has 2 aromatic carbocycles. The van der Waals surface area contributed by atoms with Crippen molar-refractivity contribution in [3.05, 3.63) is 65.0 Å². The van der Waals surface area contributed by atoms with E-state index in [1.54, 1.807) is 6.92 Å². The maximum absolute atomic E-state index is 13.1. The lowest BCUT2D eigenvalue weighted by Gasteiger charge is -2.43. The lowest BCUT2D eigenvalue weighted by atomic mass is 9.91. The van der Waals surface area contributed by atoms with Crippen molar-refractivity contribution in [1.29, 1.82) is 0 Å². The molecule has 2 aliphatic rings. The van der Waals surface area contributed by atoms with Crippen LogP contribution in [0.2, 0.25) is 0 Å². The molecule has 0 N–H and O–H groups in total. The third-order valence-electron chi connectivity index (χ3n) is 6.27. The quantitative estimate of drug-likeness (QED) is 0.697. The average molecular weight is 425 g/mol. The van der Waals surface area contributed by atoms with E-state index in [4.69, 9.17) is 4.74 Å². The predicted octanol–water partition coefficient (Wildman–Crippen LogP) is 3.98. The van der Waals surface area contributed by atoms with E-state index in [9.17, 15) is 14.0 Å². The fourth-order valence-electron chi connectivity index (χ4n) is 4.66. The molecule has 1 saturated heterocycles. The molecule has 31 heavy (non-hydrogen) atoms. The summed E-state index contributed by atoms with van der Waals surface area (Å²) in [5, 5.41) is 0. The molecule has 0 radical (unpaired) electrons. The first-order chi connectivity index (χ1) is 14.8. The Labute approximate surface area is 182 Å². The van der Waals surface area contributed by atoms with Crippen LogP contribution in [0.5, 0.6) is 5.75 Å². The van der Waals surface area contributed by atoms with Crippen molar-refractivity contribution >= 4 is 11.7 Å². The number of piperidine rings is 1. The number of carbonyl (C=O) groups is 2. The van der Waals surface area contributed by atoms with Crippen LogP contribution in [0.4, 0.5) is 4.39 Å². The second-order valence-electron chi connectivity index (χ2n) is 8.83. The third-order valence-corrected chi connectivity index (χ3v) is 6.27. The number of rotatable bonds is 4. The van der Waals surface area contributed by atoms with Gasteiger partial charge in [0.05, 0.1) is 6.54 Å². The largest absolute Gasteiger partial charge is 0.484 e. The maximum Gasteiger partial charge on any atom is 0.219 e. The summed E-state index contributed by atoms with van der Waals surface area (Å²) < 4.78 is 19.7. The van der Waals surface area contributed by atoms with Gasteiger partial charge < -0.3 is 9.64 Å². The van der Waals surface area contributed by atoms with Gasteiger partial charge in [-0.2, -0.15) is 0 Å². The lowest BCUT2D eigenvalue weighted by molar-refractivity contribution is -0.133. The van der Waals surface area contributed by atoms with Gasteiger partial charge in [-0.15, -0.1) is 0 Å². The molecule has 4 rings (SSSR count). The van der Waals surface area contributed by atoms with Gasteiger partial charge in [-0.25, -0.2) is 4.39 Å². The van der Waals surface area contributed by atoms with Crippen molar-refractivity contribution < 1.29 is 18.7 Å². The van der Waals surface area contributed by atoms with Crippen LogP contribution in [0.25, 0.3) is 0 Å². The first-order valence-electron chi connectivity index (χ1n) is 10.9. The predicted molar refractivity (Wildman–Crippen MR) is 117 cm³/mol. The Balaban J connectivity index is 1.48. The van der Waals surface area contributed by atoms with E-state index in [0.29, 0.717) is 38.2 Å². The van der Waals surface area contributed by atoms with Gasteiger partial charge >= 0.3 is 0 Å². The van der Waals surface area contributed by atoms with Gasteiger partial charge in [0, 0.05) is 44.1 Å². The highest BCUT2D eigenvalue weighted by Crippen LogP contribution is 2.35. The van der Waals surface area contributed by atoms with E-state index in [-0.39, 0.29) is 17.5 Å². The molecule has 2 aliphatic heterocycles. The molecule has 2 aromatic rings. The molecule has 1 fully saturated rings. The Bertz CT molecular complexity index is 975. The van der Waals surface area contributed by atoms with Crippen LogP contribution >= 0.6 is 0 Å². The van der Waals surface area contributed by atoms with Crippen LogP contribution in [-0.4, -0.2) is 53.3 Å². The summed E-state index contributed by atoms with van der Waals surface area (Å²) in [5.41, 5.74) is 2.23. The highest BCUT2D eigenvalue weighted by molar-refractivity contribution is 5.96. The van der Waals surface area contributed by atoms with Gasteiger partial charge in [-0.1, -0.05) is 17.7 Å². The van der Waals surface area contributed by atoms with Gasteiger partial charge in [-0.05, 0) is 56.6 Å². The monoisotopic (exact) mass is 424 g/mol. The van der Waals surface area contributed by atoms with E-state index < -0.39 is 5.60 Å². The summed E-state index contributed by atoms with van der Waals surface area (Å²) in [5.74, 6) is 0.553. The fourth-order valence-corrected chi connectivity index (χ4v) is 4.66. The van der Waals surface area contributed by atoms with E-state index in [1.165, 1.54) is 24.3 Å². The highest BCUT2D eigenvalue weighted by atomic mass is 19.1. The van der Waals surface area contributed by atoms with Crippen LogP contribution in [0.1, 0.15) is 47.7 Å². The Hall–Kier alpha value is -2.73. The van der Waals surface area contributed by atoms with Crippen LogP contribution in [0, 0.1) is 12.7 Å². The second-order valence-corrected chi connectivity index (χ2v) is 8.83. The summed E-state index contributed by atoms with van der Waals surface area (Å²) in [6.45, 7) is 6.91. The SMILES string of the molecule is CC(=O)N1Cc2cc(C)ccc2O[C@@]2(CCCN(CCC(=O)c3ccc(F)cc3)C2)C1. The van der Waals surface area contributed by atoms with Crippen LogP contribution in [0.15, 0.2) is 42.5 Å². The molecule has 5 nitrogen and oxygen atoms in total. The first-order valence-corrected chi connectivity index (χ1v) is 10.9. The average Bonchev–Trinajstić information content (AvgIpc) is 2.89. The van der Waals surface area contributed by atoms with Gasteiger partial charge in [0.15, 0.2) is 5.78 Å². The minimum absolute atomic E-state index is 0.00703. The van der Waals surface area contributed by atoms with Gasteiger partial charge in [0.25, 0.3) is 0 Å². The summed E-state index contributed by atoms with van der Waals surface area (Å²) in [6, 6.07) is 11.8. The molecule has 0 unspecified atom stereocenters. The number of carbonyl (C=O) groups excluding carboxylic acids is 2. The number of Topliss-reactive ketones (excluding diaryl/α,β-unsaturated/α-hetero) is 1. The molecule has 1 spiro atoms. The highest BCUT2D eigenvalue weighted by Gasteiger charge is 2.42. The lowest BCUT2D eigenvalue weighted by Crippen LogP contribution is -2.57. The molecule has 0 saturated carbocycles. The number of ether oxygens (including phenoxy) is 1. The number of fused-ring (bicyclic) bond motifs is 1. The number of amides is 1. The normalized spacial score (nSPS) is 21.3. The van der Waals surface area contributed by atoms with Gasteiger partial charge in [0.2, 0.25) is 5.91 Å². The minimum Gasteiger partial charge on any atom is -0.484 e. The smallest absolute Gasteiger partial charge is 0.219 e. The van der Waals surface area contributed by atoms with Gasteiger partial charge in [0.1, 0.15) is 17.2 Å². The van der Waals surface area contributed by atoms with E-state index in [0.717, 1.165) is 36.3 Å². The zero-order valence-electron chi connectivity index (χ0n) is 18.2. The topological polar surface area (TPSA) is 49.9 Å². The number of hydrogen-bond acceptors (Lipinski definition) is 4. The fraction of sp³-hybridized carbons (Fsp3) is 0.440. The van der Waals surface area contributed by atoms with Crippen LogP contribution < -0.4 is 4.74 Å². The number of benzene rings is 2. The Morgan fingerprint density at radius 2 is 1.90 bits per heavy atom. The first kappa shape index (κ1) is 21.5. The molecule has 0 aromatic heterocycles. The van der Waals surface area contributed by atoms with E-state index in [2.05, 4.69) is 11.0 Å². The summed E-state index contributed by atoms with van der Waals surface area (Å²) in [4.78, 5) is 29.0. The second kappa shape index (κ2) is 8.79. The number of hydrogen-bond donors (Lipinski definition) is 0. The molecular formula is C25H29FN2O3. The molecule has 0 aliphatic carbocycles. The zero-order chi connectivity index (χ0) is 22.0. The van der Waals surface area contributed by atoms with Crippen molar-refractivity contribution in [2.75, 3.05) is 26.2 Å². The minimum atomic E-state index is -0.483. The van der Waals surface area contributed by atoms with Crippen molar-refractivity contribution in [3.63, 3.8) is 0 Å². The van der Waals surface area contributed by atoms with Crippen molar-refractivity contribution in [2.45, 2.75) is 45.3 Å². The molecule has 1 amide bonds. The van der Waals surface area contributed by atoms with Crippen LogP contribution in [0.3, 0.4) is 0 Å². The molecular weight excluding hydrogens is 395 g/mol. The summed E-state index contributed by atoms with van der Waals surface area (Å²) in [6.07, 6.45) is 2.18. The number of nitrogens with zero attached hydrogens (tertiary/aromatic N) is 2. The summed E-state index contributed by atoms with van der Waals surface area (Å²) in [7, 11) is 0. The van der Waals surface area contributed by atoms with E-state index in [1.807, 2.05) is 24.0 Å². The molecule has 0 bridgehead atoms. The Morgan fingerprint density at radius 3 is 2.65 bits per heavy atom. The number of aryl methyl sites for hydroxylation is 1. The van der Waals surface area contributed by atoms with Crippen molar-refractivity contribution in [3.8, 4) is 5.75 Å². The standard InChI is InChI=1S/C25H29FN2O3/c1-18-4-9-24-21(14-18)15-28(19(2)29)17-25(31-24)11-3-12-27(16-25)13-10-23(30)20-5-7-22(26)8-6-20/h4-9,14H,3,10-13,15-17H2,1-2H3/t25-/m1/s1. The maximum atomic E-state index is 13.1. The van der Waals surface area contributed by atoms with E-state index >= 15 is 0 Å².